The van der Waals surface area contributed by atoms with E-state index in [1.54, 1.807) is 12.3 Å². The summed E-state index contributed by atoms with van der Waals surface area (Å²) in [6, 6.07) is 3.23. The molecular weight excluding hydrogens is 306 g/mol. The average molecular weight is 331 g/mol. The number of carboxylic acids is 1. The lowest BCUT2D eigenvalue weighted by atomic mass is 10.0. The first-order valence-electron chi connectivity index (χ1n) is 8.79. The molecule has 2 heterocycles. The first kappa shape index (κ1) is 16.7. The van der Waals surface area contributed by atoms with Crippen molar-refractivity contribution in [2.75, 3.05) is 18.0 Å². The Morgan fingerprint density at radius 2 is 2.12 bits per heavy atom. The van der Waals surface area contributed by atoms with E-state index in [-0.39, 0.29) is 11.9 Å². The van der Waals surface area contributed by atoms with Gasteiger partial charge in [0.15, 0.2) is 0 Å². The Morgan fingerprint density at radius 3 is 2.88 bits per heavy atom. The molecule has 0 bridgehead atoms. The van der Waals surface area contributed by atoms with Crippen molar-refractivity contribution in [1.82, 2.24) is 10.3 Å². The number of rotatable bonds is 4. The molecule has 24 heavy (non-hydrogen) atoms. The van der Waals surface area contributed by atoms with E-state index in [0.717, 1.165) is 38.2 Å². The summed E-state index contributed by atoms with van der Waals surface area (Å²) in [5, 5.41) is 12.1. The Morgan fingerprint density at radius 1 is 1.29 bits per heavy atom. The molecule has 1 aliphatic carbocycles. The minimum Gasteiger partial charge on any atom is -0.481 e. The molecule has 1 saturated heterocycles. The van der Waals surface area contributed by atoms with Gasteiger partial charge in [0.1, 0.15) is 5.82 Å². The van der Waals surface area contributed by atoms with Gasteiger partial charge >= 0.3 is 5.97 Å². The number of carbonyl (C=O) groups is 2. The lowest BCUT2D eigenvalue weighted by Gasteiger charge is -2.32. The van der Waals surface area contributed by atoms with Gasteiger partial charge in [0.25, 0.3) is 5.91 Å². The van der Waals surface area contributed by atoms with E-state index < -0.39 is 11.9 Å². The molecule has 2 N–H and O–H groups in total. The summed E-state index contributed by atoms with van der Waals surface area (Å²) in [7, 11) is 0. The van der Waals surface area contributed by atoms with Gasteiger partial charge in [-0.15, -0.1) is 0 Å². The predicted molar refractivity (Wildman–Crippen MR) is 91.1 cm³/mol. The molecule has 1 aliphatic heterocycles. The second-order valence-electron chi connectivity index (χ2n) is 7.05. The second kappa shape index (κ2) is 7.20. The Bertz CT molecular complexity index is 619. The third-order valence-electron chi connectivity index (χ3n) is 5.14. The first-order chi connectivity index (χ1) is 11.5. The fraction of sp³-hybridized carbons (Fsp3) is 0.611. The Labute approximate surface area is 142 Å². The van der Waals surface area contributed by atoms with Gasteiger partial charge in [-0.1, -0.05) is 13.3 Å². The molecule has 1 amide bonds. The van der Waals surface area contributed by atoms with Crippen molar-refractivity contribution in [2.24, 2.45) is 11.8 Å². The molecule has 3 rings (SSSR count). The van der Waals surface area contributed by atoms with Crippen LogP contribution in [0.2, 0.25) is 0 Å². The third-order valence-corrected chi connectivity index (χ3v) is 5.14. The lowest BCUT2D eigenvalue weighted by Crippen LogP contribution is -2.40. The molecule has 1 aromatic heterocycles. The smallest absolute Gasteiger partial charge is 0.308 e. The number of carbonyl (C=O) groups excluding carboxylic acids is 1. The molecule has 2 aliphatic rings. The van der Waals surface area contributed by atoms with Gasteiger partial charge in [-0.05, 0) is 43.7 Å². The maximum Gasteiger partial charge on any atom is 0.308 e. The van der Waals surface area contributed by atoms with Gasteiger partial charge in [0.2, 0.25) is 0 Å². The highest BCUT2D eigenvalue weighted by atomic mass is 16.4. The van der Waals surface area contributed by atoms with Crippen LogP contribution in [0.5, 0.6) is 0 Å². The van der Waals surface area contributed by atoms with E-state index in [1.807, 2.05) is 6.07 Å². The zero-order chi connectivity index (χ0) is 17.1. The summed E-state index contributed by atoms with van der Waals surface area (Å²) < 4.78 is 0. The zero-order valence-electron chi connectivity index (χ0n) is 14.1. The van der Waals surface area contributed by atoms with Crippen molar-refractivity contribution in [3.05, 3.63) is 23.9 Å². The number of nitrogens with zero attached hydrogens (tertiary/aromatic N) is 2. The number of amides is 1. The van der Waals surface area contributed by atoms with Crippen LogP contribution < -0.4 is 10.2 Å². The molecule has 130 valence electrons. The van der Waals surface area contributed by atoms with Crippen LogP contribution in [0, 0.1) is 11.8 Å². The van der Waals surface area contributed by atoms with Crippen LogP contribution in [0.3, 0.4) is 0 Å². The molecule has 0 spiro atoms. The minimum atomic E-state index is -0.824. The molecule has 3 atom stereocenters. The fourth-order valence-electron chi connectivity index (χ4n) is 3.81. The number of carboxylic acid groups (broad SMARTS) is 1. The van der Waals surface area contributed by atoms with E-state index >= 15 is 0 Å². The average Bonchev–Trinajstić information content (AvgIpc) is 3.03. The molecule has 0 radical (unpaired) electrons. The van der Waals surface area contributed by atoms with Gasteiger partial charge in [-0.25, -0.2) is 4.98 Å². The number of nitrogens with one attached hydrogen (secondary N) is 1. The van der Waals surface area contributed by atoms with Crippen molar-refractivity contribution >= 4 is 17.7 Å². The molecule has 6 heteroatoms. The highest BCUT2D eigenvalue weighted by molar-refractivity contribution is 5.95. The van der Waals surface area contributed by atoms with Crippen molar-refractivity contribution in [3.63, 3.8) is 0 Å². The number of piperidine rings is 1. The largest absolute Gasteiger partial charge is 0.481 e. The topological polar surface area (TPSA) is 82.5 Å². The Balaban J connectivity index is 1.69. The van der Waals surface area contributed by atoms with Crippen molar-refractivity contribution in [2.45, 2.75) is 45.1 Å². The summed E-state index contributed by atoms with van der Waals surface area (Å²) in [5.41, 5.74) is 0.550. The van der Waals surface area contributed by atoms with E-state index in [9.17, 15) is 14.7 Å². The highest BCUT2D eigenvalue weighted by Crippen LogP contribution is 2.26. The zero-order valence-corrected chi connectivity index (χ0v) is 14.1. The molecule has 6 nitrogen and oxygen atoms in total. The van der Waals surface area contributed by atoms with Crippen LogP contribution in [0.15, 0.2) is 18.3 Å². The number of hydrogen-bond donors (Lipinski definition) is 2. The van der Waals surface area contributed by atoms with E-state index in [1.165, 1.54) is 6.42 Å². The Hall–Kier alpha value is -2.11. The summed E-state index contributed by atoms with van der Waals surface area (Å²) >= 11 is 0. The number of pyridine rings is 1. The first-order valence-corrected chi connectivity index (χ1v) is 8.79. The SMILES string of the molecule is CC1CCCN(c2cc(C(=O)N[C@@H]3CCC[C@@H]3C(=O)O)ccn2)C1. The van der Waals surface area contributed by atoms with Crippen LogP contribution in [-0.2, 0) is 4.79 Å². The lowest BCUT2D eigenvalue weighted by molar-refractivity contribution is -0.142. The standard InChI is InChI=1S/C18H25N3O3/c1-12-4-3-9-21(11-12)16-10-13(7-8-19-16)17(22)20-15-6-2-5-14(15)18(23)24/h7-8,10,12,14-15H,2-6,9,11H2,1H3,(H,20,22)(H,23,24)/t12?,14-,15+/m0/s1. The summed E-state index contributed by atoms with van der Waals surface area (Å²) in [5.74, 6) is -0.0427. The van der Waals surface area contributed by atoms with Gasteiger partial charge in [0.05, 0.1) is 5.92 Å². The third kappa shape index (κ3) is 3.68. The maximum atomic E-state index is 12.5. The van der Waals surface area contributed by atoms with Crippen molar-refractivity contribution < 1.29 is 14.7 Å². The molecule has 2 fully saturated rings. The van der Waals surface area contributed by atoms with E-state index in [2.05, 4.69) is 22.1 Å². The molecule has 1 saturated carbocycles. The van der Waals surface area contributed by atoms with Gasteiger partial charge < -0.3 is 15.3 Å². The minimum absolute atomic E-state index is 0.207. The second-order valence-corrected chi connectivity index (χ2v) is 7.05. The van der Waals surface area contributed by atoms with Crippen LogP contribution >= 0.6 is 0 Å². The van der Waals surface area contributed by atoms with Crippen LogP contribution in [0.4, 0.5) is 5.82 Å². The number of aliphatic carboxylic acids is 1. The summed E-state index contributed by atoms with van der Waals surface area (Å²) in [4.78, 5) is 30.4. The number of aromatic nitrogens is 1. The van der Waals surface area contributed by atoms with Gasteiger partial charge in [-0.3, -0.25) is 9.59 Å². The number of hydrogen-bond acceptors (Lipinski definition) is 4. The van der Waals surface area contributed by atoms with Crippen LogP contribution in [0.25, 0.3) is 0 Å². The van der Waals surface area contributed by atoms with Crippen molar-refractivity contribution in [1.29, 1.82) is 0 Å². The van der Waals surface area contributed by atoms with Gasteiger partial charge in [0, 0.05) is 30.9 Å². The summed E-state index contributed by atoms with van der Waals surface area (Å²) in [6.45, 7) is 4.16. The molecule has 0 aromatic carbocycles. The van der Waals surface area contributed by atoms with E-state index in [4.69, 9.17) is 0 Å². The number of anilines is 1. The molecule has 1 aromatic rings. The normalized spacial score (nSPS) is 27.0. The fourth-order valence-corrected chi connectivity index (χ4v) is 3.81. The molecule has 1 unspecified atom stereocenters. The van der Waals surface area contributed by atoms with Crippen LogP contribution in [0.1, 0.15) is 49.4 Å². The summed E-state index contributed by atoms with van der Waals surface area (Å²) in [6.07, 6.45) is 6.23. The highest BCUT2D eigenvalue weighted by Gasteiger charge is 2.34. The van der Waals surface area contributed by atoms with E-state index in [0.29, 0.717) is 17.9 Å². The monoisotopic (exact) mass is 331 g/mol. The maximum absolute atomic E-state index is 12.5. The van der Waals surface area contributed by atoms with Gasteiger partial charge in [-0.2, -0.15) is 0 Å². The molecular formula is C18H25N3O3. The quantitative estimate of drug-likeness (QED) is 0.884. The Kier molecular flexibility index (Phi) is 5.02. The van der Waals surface area contributed by atoms with Crippen LogP contribution in [-0.4, -0.2) is 41.1 Å². The van der Waals surface area contributed by atoms with Crippen molar-refractivity contribution in [3.8, 4) is 0 Å². The predicted octanol–water partition coefficient (Wildman–Crippen LogP) is 2.30.